The number of ketones is 1. The number of para-hydroxylation sites is 2. The Bertz CT molecular complexity index is 1120. The molecule has 0 radical (unpaired) electrons. The molecule has 0 bridgehead atoms. The van der Waals surface area contributed by atoms with Crippen molar-refractivity contribution in [2.24, 2.45) is 11.3 Å². The number of nitrogens with zero attached hydrogens (tertiary/aromatic N) is 2. The topological polar surface area (TPSA) is 131 Å². The van der Waals surface area contributed by atoms with Gasteiger partial charge in [-0.15, -0.1) is 0 Å². The lowest BCUT2D eigenvalue weighted by atomic mass is 10.0. The average molecular weight is 608 g/mol. The van der Waals surface area contributed by atoms with Gasteiger partial charge in [0.15, 0.2) is 0 Å². The highest BCUT2D eigenvalue weighted by molar-refractivity contribution is 5.80. The van der Waals surface area contributed by atoms with Crippen LogP contribution in [0.2, 0.25) is 0 Å². The number of hydrogen-bond donors (Lipinski definition) is 3. The number of benzene rings is 2. The van der Waals surface area contributed by atoms with E-state index in [-0.39, 0.29) is 31.0 Å². The molecule has 1 saturated heterocycles. The van der Waals surface area contributed by atoms with E-state index in [1.165, 1.54) is 36.9 Å². The Balaban J connectivity index is 0. The van der Waals surface area contributed by atoms with Crippen LogP contribution in [0, 0.1) is 22.7 Å². The minimum Gasteiger partial charge on any atom is -0.388 e. The van der Waals surface area contributed by atoms with Gasteiger partial charge in [-0.25, -0.2) is 5.43 Å². The summed E-state index contributed by atoms with van der Waals surface area (Å²) >= 11 is 0. The summed E-state index contributed by atoms with van der Waals surface area (Å²) in [4.78, 5) is 41.6. The second-order valence-corrected chi connectivity index (χ2v) is 10.9. The van der Waals surface area contributed by atoms with Crippen LogP contribution in [0.4, 0.5) is 24.5 Å². The van der Waals surface area contributed by atoms with Gasteiger partial charge in [0.2, 0.25) is 5.91 Å². The summed E-state index contributed by atoms with van der Waals surface area (Å²) in [7, 11) is 1.91. The first-order chi connectivity index (χ1) is 20.0. The molecule has 1 amide bonds. The number of hydrogen-bond acceptors (Lipinski definition) is 8. The van der Waals surface area contributed by atoms with Crippen LogP contribution in [0.3, 0.4) is 0 Å². The number of carbonyl (C=O) groups is 4. The number of anilines is 2. The lowest BCUT2D eigenvalue weighted by molar-refractivity contribution is -0.137. The van der Waals surface area contributed by atoms with Crippen molar-refractivity contribution in [3.05, 3.63) is 60.2 Å². The Hall–Kier alpha value is -4.24. The largest absolute Gasteiger partial charge is 0.418 e. The standard InChI is InChI=1S/C15H15F3N4O2.C7H9N.C5H12.C3H6O.CH2O/c16-15(17,18)12-3-1-2-4-13(12)21-20-7-14(24)22-8-10(9-23)5-11(22)6-19;1-8-7-5-3-2-4-6-7;1-5(2,3)4;1-3(2)4;1-2/h1-4,9-11,20-21H,5,7-8H2;2-6,8H,1H3;1-4H3;1-2H3;1H2. The van der Waals surface area contributed by atoms with E-state index in [1.54, 1.807) is 0 Å². The summed E-state index contributed by atoms with van der Waals surface area (Å²) < 4.78 is 38.5. The number of amides is 1. The van der Waals surface area contributed by atoms with Crippen LogP contribution in [0.1, 0.15) is 53.5 Å². The van der Waals surface area contributed by atoms with Crippen LogP contribution in [-0.2, 0) is 25.4 Å². The molecule has 2 atom stereocenters. The maximum Gasteiger partial charge on any atom is 0.418 e. The van der Waals surface area contributed by atoms with Crippen LogP contribution in [0.5, 0.6) is 0 Å². The molecule has 3 N–H and O–H groups in total. The first kappa shape index (κ1) is 40.9. The molecule has 2 unspecified atom stereocenters. The minimum absolute atomic E-state index is 0.140. The summed E-state index contributed by atoms with van der Waals surface area (Å²) in [5.74, 6) is -0.694. The lowest BCUT2D eigenvalue weighted by Crippen LogP contribution is -2.42. The number of likely N-dealkylation sites (tertiary alicyclic amines) is 1. The fraction of sp³-hybridized carbons (Fsp3) is 0.452. The Morgan fingerprint density at radius 3 is 1.93 bits per heavy atom. The molecule has 2 aromatic carbocycles. The third-order valence-electron chi connectivity index (χ3n) is 4.75. The summed E-state index contributed by atoms with van der Waals surface area (Å²) in [6, 6.07) is 16.2. The first-order valence-electron chi connectivity index (χ1n) is 13.3. The van der Waals surface area contributed by atoms with Crippen LogP contribution in [0.25, 0.3) is 0 Å². The van der Waals surface area contributed by atoms with Gasteiger partial charge in [0.1, 0.15) is 24.9 Å². The highest BCUT2D eigenvalue weighted by Gasteiger charge is 2.35. The minimum atomic E-state index is -4.52. The Morgan fingerprint density at radius 2 is 1.51 bits per heavy atom. The molecule has 2 aromatic rings. The van der Waals surface area contributed by atoms with E-state index in [2.05, 4.69) is 43.9 Å². The normalized spacial score (nSPS) is 15.1. The summed E-state index contributed by atoms with van der Waals surface area (Å²) in [6.07, 6.45) is -3.55. The van der Waals surface area contributed by atoms with Gasteiger partial charge in [0, 0.05) is 25.2 Å². The molecule has 0 aliphatic carbocycles. The van der Waals surface area contributed by atoms with Crippen molar-refractivity contribution in [2.75, 3.05) is 30.9 Å². The third kappa shape index (κ3) is 20.3. The third-order valence-corrected chi connectivity index (χ3v) is 4.75. The van der Waals surface area contributed by atoms with Crippen molar-refractivity contribution >= 4 is 36.1 Å². The summed E-state index contributed by atoms with van der Waals surface area (Å²) in [6.45, 7) is 13.6. The maximum absolute atomic E-state index is 12.8. The molecule has 1 aliphatic heterocycles. The molecule has 9 nitrogen and oxygen atoms in total. The number of hydrazine groups is 1. The van der Waals surface area contributed by atoms with E-state index in [9.17, 15) is 27.6 Å². The van der Waals surface area contributed by atoms with Gasteiger partial charge in [-0.1, -0.05) is 58.0 Å². The monoisotopic (exact) mass is 607 g/mol. The van der Waals surface area contributed by atoms with E-state index < -0.39 is 29.6 Å². The van der Waals surface area contributed by atoms with E-state index in [4.69, 9.17) is 10.1 Å². The first-order valence-corrected chi connectivity index (χ1v) is 13.3. The summed E-state index contributed by atoms with van der Waals surface area (Å²) in [5, 5.41) is 12.0. The average Bonchev–Trinajstić information content (AvgIpc) is 3.37. The van der Waals surface area contributed by atoms with Crippen molar-refractivity contribution in [1.82, 2.24) is 10.3 Å². The number of alkyl halides is 3. The maximum atomic E-state index is 12.8. The molecule has 238 valence electrons. The Labute approximate surface area is 252 Å². The highest BCUT2D eigenvalue weighted by Crippen LogP contribution is 2.34. The van der Waals surface area contributed by atoms with Gasteiger partial charge in [0.05, 0.1) is 23.9 Å². The van der Waals surface area contributed by atoms with Gasteiger partial charge in [-0.3, -0.25) is 4.79 Å². The molecule has 1 aliphatic rings. The van der Waals surface area contributed by atoms with E-state index >= 15 is 0 Å². The predicted octanol–water partition coefficient (Wildman–Crippen LogP) is 5.75. The smallest absolute Gasteiger partial charge is 0.388 e. The molecule has 0 aromatic heterocycles. The fourth-order valence-electron chi connectivity index (χ4n) is 3.13. The number of Topliss-reactive ketones (excluding diaryl/α,β-unsaturated/α-hetero) is 1. The van der Waals surface area contributed by atoms with Gasteiger partial charge in [0.25, 0.3) is 0 Å². The van der Waals surface area contributed by atoms with Crippen molar-refractivity contribution in [1.29, 1.82) is 5.26 Å². The van der Waals surface area contributed by atoms with Crippen molar-refractivity contribution < 1.29 is 32.3 Å². The van der Waals surface area contributed by atoms with Crippen molar-refractivity contribution in [3.8, 4) is 6.07 Å². The fourth-order valence-corrected chi connectivity index (χ4v) is 3.13. The number of nitriles is 1. The van der Waals surface area contributed by atoms with Gasteiger partial charge in [-0.2, -0.15) is 18.4 Å². The number of carbonyl (C=O) groups excluding carboxylic acids is 4. The highest BCUT2D eigenvalue weighted by atomic mass is 19.4. The molecule has 1 heterocycles. The zero-order valence-corrected chi connectivity index (χ0v) is 25.9. The molecular weight excluding hydrogens is 563 g/mol. The molecule has 0 spiro atoms. The molecule has 12 heteroatoms. The Morgan fingerprint density at radius 1 is 1.02 bits per heavy atom. The van der Waals surface area contributed by atoms with Crippen LogP contribution in [-0.4, -0.2) is 55.8 Å². The predicted molar refractivity (Wildman–Crippen MR) is 163 cm³/mol. The van der Waals surface area contributed by atoms with Gasteiger partial charge < -0.3 is 30.0 Å². The van der Waals surface area contributed by atoms with Crippen LogP contribution in [0.15, 0.2) is 54.6 Å². The second kappa shape index (κ2) is 21.5. The zero-order chi connectivity index (χ0) is 33.6. The lowest BCUT2D eigenvalue weighted by Gasteiger charge is -2.20. The Kier molecular flexibility index (Phi) is 20.4. The SMILES string of the molecule is C=O.CC(C)(C)C.CC(C)=O.CNc1ccccc1.N#CC1CC(C=O)CN1C(=O)CNNc1ccccc1C(F)(F)F. The van der Waals surface area contributed by atoms with Crippen LogP contribution < -0.4 is 16.2 Å². The summed E-state index contributed by atoms with van der Waals surface area (Å²) in [5.41, 5.74) is 5.39. The van der Waals surface area contributed by atoms with E-state index in [0.29, 0.717) is 11.7 Å². The molecule has 3 rings (SSSR count). The zero-order valence-electron chi connectivity index (χ0n) is 25.9. The second-order valence-electron chi connectivity index (χ2n) is 10.9. The van der Waals surface area contributed by atoms with Crippen LogP contribution >= 0.6 is 0 Å². The van der Waals surface area contributed by atoms with Crippen molar-refractivity contribution in [3.63, 3.8) is 0 Å². The number of aldehydes is 1. The molecule has 0 saturated carbocycles. The number of rotatable bonds is 6. The van der Waals surface area contributed by atoms with Gasteiger partial charge in [-0.05, 0) is 49.9 Å². The molecule has 1 fully saturated rings. The van der Waals surface area contributed by atoms with Gasteiger partial charge >= 0.3 is 6.18 Å². The molecule has 43 heavy (non-hydrogen) atoms. The van der Waals surface area contributed by atoms with Crippen molar-refractivity contribution in [2.45, 2.75) is 60.2 Å². The quantitative estimate of drug-likeness (QED) is 0.279. The number of nitrogens with one attached hydrogen (secondary N) is 3. The van der Waals surface area contributed by atoms with E-state index in [0.717, 1.165) is 11.8 Å². The van der Waals surface area contributed by atoms with E-state index in [1.807, 2.05) is 50.2 Å². The number of halogens is 3. The molecular formula is C31H44F3N5O4.